The topological polar surface area (TPSA) is 51.2 Å². The van der Waals surface area contributed by atoms with Gasteiger partial charge in [0.25, 0.3) is 0 Å². The van der Waals surface area contributed by atoms with Crippen molar-refractivity contribution < 1.29 is 9.53 Å². The maximum atomic E-state index is 11.1. The first-order valence-electron chi connectivity index (χ1n) is 5.63. The summed E-state index contributed by atoms with van der Waals surface area (Å²) in [7, 11) is 1.40. The molecule has 2 heterocycles. The molecule has 1 unspecified atom stereocenters. The zero-order chi connectivity index (χ0) is 12.1. The average Bonchev–Trinajstić information content (AvgIpc) is 2.77. The van der Waals surface area contributed by atoms with Gasteiger partial charge in [-0.1, -0.05) is 0 Å². The predicted molar refractivity (Wildman–Crippen MR) is 71.8 cm³/mol. The van der Waals surface area contributed by atoms with Crippen molar-refractivity contribution >= 4 is 34.2 Å². The molecule has 1 aromatic rings. The van der Waals surface area contributed by atoms with E-state index in [9.17, 15) is 4.79 Å². The largest absolute Gasteiger partial charge is 0.469 e. The zero-order valence-electron chi connectivity index (χ0n) is 9.77. The highest BCUT2D eigenvalue weighted by Gasteiger charge is 2.15. The van der Waals surface area contributed by atoms with E-state index in [0.29, 0.717) is 6.04 Å². The zero-order valence-corrected chi connectivity index (χ0v) is 11.4. The molecule has 0 spiro atoms. The molecule has 1 atom stereocenters. The molecular weight excluding hydrogens is 256 g/mol. The SMILES string of the molecule is COC(=O)Cc1csc(NC2CCCSC2)n1. The van der Waals surface area contributed by atoms with Gasteiger partial charge in [0.1, 0.15) is 0 Å². The molecule has 0 aromatic carbocycles. The normalized spacial score (nSPS) is 19.9. The second-order valence-electron chi connectivity index (χ2n) is 3.96. The number of esters is 1. The Labute approximate surface area is 109 Å². The van der Waals surface area contributed by atoms with Crippen molar-refractivity contribution in [1.29, 1.82) is 0 Å². The van der Waals surface area contributed by atoms with Crippen LogP contribution < -0.4 is 5.32 Å². The Morgan fingerprint density at radius 1 is 1.71 bits per heavy atom. The van der Waals surface area contributed by atoms with Gasteiger partial charge in [0.15, 0.2) is 5.13 Å². The van der Waals surface area contributed by atoms with E-state index in [0.717, 1.165) is 16.6 Å². The Kier molecular flexibility index (Phi) is 4.67. The van der Waals surface area contributed by atoms with Gasteiger partial charge >= 0.3 is 5.97 Å². The molecule has 1 saturated heterocycles. The minimum Gasteiger partial charge on any atom is -0.469 e. The number of carbonyl (C=O) groups excluding carboxylic acids is 1. The summed E-state index contributed by atoms with van der Waals surface area (Å²) < 4.78 is 4.62. The van der Waals surface area contributed by atoms with Crippen LogP contribution in [0.1, 0.15) is 18.5 Å². The lowest BCUT2D eigenvalue weighted by atomic mass is 10.2. The van der Waals surface area contributed by atoms with Crippen molar-refractivity contribution in [1.82, 2.24) is 4.98 Å². The lowest BCUT2D eigenvalue weighted by Crippen LogP contribution is -2.25. The van der Waals surface area contributed by atoms with E-state index in [1.807, 2.05) is 17.1 Å². The van der Waals surface area contributed by atoms with Gasteiger partial charge in [0, 0.05) is 17.2 Å². The number of hydrogen-bond acceptors (Lipinski definition) is 6. The van der Waals surface area contributed by atoms with E-state index in [4.69, 9.17) is 0 Å². The van der Waals surface area contributed by atoms with E-state index < -0.39 is 0 Å². The summed E-state index contributed by atoms with van der Waals surface area (Å²) in [6.45, 7) is 0. The van der Waals surface area contributed by atoms with Gasteiger partial charge in [-0.3, -0.25) is 4.79 Å². The number of methoxy groups -OCH3 is 1. The number of carbonyl (C=O) groups is 1. The van der Waals surface area contributed by atoms with Crippen LogP contribution in [0.3, 0.4) is 0 Å². The van der Waals surface area contributed by atoms with Crippen LogP contribution in [0, 0.1) is 0 Å². The van der Waals surface area contributed by atoms with Crippen LogP contribution in [0.5, 0.6) is 0 Å². The van der Waals surface area contributed by atoms with Crippen molar-refractivity contribution in [3.05, 3.63) is 11.1 Å². The maximum Gasteiger partial charge on any atom is 0.311 e. The fraction of sp³-hybridized carbons (Fsp3) is 0.636. The number of anilines is 1. The Bertz CT molecular complexity index is 375. The first kappa shape index (κ1) is 12.7. The van der Waals surface area contributed by atoms with E-state index >= 15 is 0 Å². The van der Waals surface area contributed by atoms with Crippen LogP contribution in [-0.4, -0.2) is 35.6 Å². The van der Waals surface area contributed by atoms with Crippen molar-refractivity contribution in [2.45, 2.75) is 25.3 Å². The third-order valence-corrected chi connectivity index (χ3v) is 4.63. The first-order chi connectivity index (χ1) is 8.28. The van der Waals surface area contributed by atoms with Crippen LogP contribution in [0.4, 0.5) is 5.13 Å². The molecular formula is C11H16N2O2S2. The Balaban J connectivity index is 1.86. The van der Waals surface area contributed by atoms with Crippen LogP contribution in [-0.2, 0) is 16.0 Å². The average molecular weight is 272 g/mol. The third-order valence-electron chi connectivity index (χ3n) is 2.59. The summed E-state index contributed by atoms with van der Waals surface area (Å²) in [5.74, 6) is 2.17. The van der Waals surface area contributed by atoms with Gasteiger partial charge in [0.05, 0.1) is 19.2 Å². The number of rotatable bonds is 4. The summed E-state index contributed by atoms with van der Waals surface area (Å²) in [6.07, 6.45) is 2.73. The van der Waals surface area contributed by atoms with E-state index in [-0.39, 0.29) is 12.4 Å². The molecule has 0 bridgehead atoms. The summed E-state index contributed by atoms with van der Waals surface area (Å²) in [5, 5.41) is 6.25. The molecule has 0 amide bonds. The van der Waals surface area contributed by atoms with E-state index in [1.165, 1.54) is 25.7 Å². The second kappa shape index (κ2) is 6.26. The molecule has 0 aliphatic carbocycles. The van der Waals surface area contributed by atoms with Crippen molar-refractivity contribution in [3.8, 4) is 0 Å². The lowest BCUT2D eigenvalue weighted by Gasteiger charge is -2.21. The molecule has 0 radical (unpaired) electrons. The number of nitrogens with zero attached hydrogens (tertiary/aromatic N) is 1. The Hall–Kier alpha value is -0.750. The number of aromatic nitrogens is 1. The molecule has 1 aliphatic rings. The van der Waals surface area contributed by atoms with E-state index in [2.05, 4.69) is 15.0 Å². The highest BCUT2D eigenvalue weighted by molar-refractivity contribution is 7.99. The quantitative estimate of drug-likeness (QED) is 0.851. The number of thiazole rings is 1. The van der Waals surface area contributed by atoms with E-state index in [1.54, 1.807) is 11.3 Å². The van der Waals surface area contributed by atoms with Crippen molar-refractivity contribution in [3.63, 3.8) is 0 Å². The number of thioether (sulfide) groups is 1. The Morgan fingerprint density at radius 3 is 3.29 bits per heavy atom. The maximum absolute atomic E-state index is 11.1. The van der Waals surface area contributed by atoms with Gasteiger partial charge < -0.3 is 10.1 Å². The molecule has 94 valence electrons. The van der Waals surface area contributed by atoms with Crippen LogP contribution in [0.25, 0.3) is 0 Å². The van der Waals surface area contributed by atoms with Crippen LogP contribution in [0.15, 0.2) is 5.38 Å². The van der Waals surface area contributed by atoms with Crippen LogP contribution in [0.2, 0.25) is 0 Å². The smallest absolute Gasteiger partial charge is 0.311 e. The third kappa shape index (κ3) is 3.89. The van der Waals surface area contributed by atoms with Gasteiger partial charge in [-0.2, -0.15) is 11.8 Å². The fourth-order valence-electron chi connectivity index (χ4n) is 1.70. The van der Waals surface area contributed by atoms with Crippen molar-refractivity contribution in [2.75, 3.05) is 23.9 Å². The first-order valence-corrected chi connectivity index (χ1v) is 7.67. The van der Waals surface area contributed by atoms with Crippen LogP contribution >= 0.6 is 23.1 Å². The molecule has 1 fully saturated rings. The van der Waals surface area contributed by atoms with Gasteiger partial charge in [-0.25, -0.2) is 4.98 Å². The van der Waals surface area contributed by atoms with Gasteiger partial charge in [0.2, 0.25) is 0 Å². The number of ether oxygens (including phenoxy) is 1. The fourth-order valence-corrected chi connectivity index (χ4v) is 3.56. The standard InChI is InChI=1S/C11H16N2O2S2/c1-15-10(14)5-9-7-17-11(13-9)12-8-3-2-4-16-6-8/h7-8H,2-6H2,1H3,(H,12,13). The lowest BCUT2D eigenvalue weighted by molar-refractivity contribution is -0.139. The predicted octanol–water partition coefficient (Wildman–Crippen LogP) is 2.17. The minimum absolute atomic E-state index is 0.241. The monoisotopic (exact) mass is 272 g/mol. The molecule has 1 N–H and O–H groups in total. The highest BCUT2D eigenvalue weighted by Crippen LogP contribution is 2.23. The molecule has 1 aliphatic heterocycles. The molecule has 0 saturated carbocycles. The van der Waals surface area contributed by atoms with Crippen molar-refractivity contribution in [2.24, 2.45) is 0 Å². The molecule has 2 rings (SSSR count). The minimum atomic E-state index is -0.241. The second-order valence-corrected chi connectivity index (χ2v) is 5.96. The van der Waals surface area contributed by atoms with Gasteiger partial charge in [-0.05, 0) is 18.6 Å². The van der Waals surface area contributed by atoms with Gasteiger partial charge in [-0.15, -0.1) is 11.3 Å². The molecule has 17 heavy (non-hydrogen) atoms. The Morgan fingerprint density at radius 2 is 2.59 bits per heavy atom. The highest BCUT2D eigenvalue weighted by atomic mass is 32.2. The number of nitrogens with one attached hydrogen (secondary N) is 1. The summed E-state index contributed by atoms with van der Waals surface area (Å²) >= 11 is 3.54. The summed E-state index contributed by atoms with van der Waals surface area (Å²) in [4.78, 5) is 15.5. The molecule has 6 heteroatoms. The summed E-state index contributed by atoms with van der Waals surface area (Å²) in [5.41, 5.74) is 0.785. The molecule has 1 aromatic heterocycles. The number of hydrogen-bond donors (Lipinski definition) is 1. The molecule has 4 nitrogen and oxygen atoms in total. The summed E-state index contributed by atoms with van der Waals surface area (Å²) in [6, 6.07) is 0.519.